The van der Waals surface area contributed by atoms with Crippen LogP contribution in [0, 0.1) is 11.3 Å². The van der Waals surface area contributed by atoms with Crippen LogP contribution in [-0.2, 0) is 23.7 Å². The summed E-state index contributed by atoms with van der Waals surface area (Å²) in [6.07, 6.45) is -1.36. The predicted molar refractivity (Wildman–Crippen MR) is 88.2 cm³/mol. The molecule has 25 heavy (non-hydrogen) atoms. The van der Waals surface area contributed by atoms with Crippen molar-refractivity contribution in [1.29, 1.82) is 0 Å². The summed E-state index contributed by atoms with van der Waals surface area (Å²) in [6.45, 7) is 11.4. The molecule has 3 fully saturated rings. The van der Waals surface area contributed by atoms with Crippen molar-refractivity contribution >= 4 is 0 Å². The zero-order chi connectivity index (χ0) is 18.6. The first-order chi connectivity index (χ1) is 11.6. The van der Waals surface area contributed by atoms with Gasteiger partial charge in [0.15, 0.2) is 24.7 Å². The molecular weight excluding hydrogens is 328 g/mol. The molecule has 8 unspecified atom stereocenters. The van der Waals surface area contributed by atoms with Crippen LogP contribution in [-0.4, -0.2) is 59.3 Å². The molecule has 3 aliphatic heterocycles. The van der Waals surface area contributed by atoms with Crippen molar-refractivity contribution in [3.63, 3.8) is 0 Å². The largest absolute Gasteiger partial charge is 0.367 e. The van der Waals surface area contributed by atoms with E-state index in [1.54, 1.807) is 13.8 Å². The van der Waals surface area contributed by atoms with Gasteiger partial charge >= 0.3 is 0 Å². The van der Waals surface area contributed by atoms with Crippen LogP contribution >= 0.6 is 0 Å². The Balaban J connectivity index is 1.72. The molecule has 0 saturated carbocycles. The lowest BCUT2D eigenvalue weighted by Gasteiger charge is -2.37. The van der Waals surface area contributed by atoms with Crippen molar-refractivity contribution in [2.45, 2.75) is 90.6 Å². The van der Waals surface area contributed by atoms with E-state index in [1.165, 1.54) is 0 Å². The van der Waals surface area contributed by atoms with Gasteiger partial charge in [-0.25, -0.2) is 0 Å². The van der Waals surface area contributed by atoms with Gasteiger partial charge in [0, 0.05) is 5.41 Å². The van der Waals surface area contributed by atoms with Gasteiger partial charge in [-0.05, 0) is 26.7 Å². The highest BCUT2D eigenvalue weighted by atomic mass is 16.9. The van der Waals surface area contributed by atoms with Gasteiger partial charge in [0.2, 0.25) is 0 Å². The van der Waals surface area contributed by atoms with Crippen molar-refractivity contribution in [2.24, 2.45) is 11.3 Å². The molecule has 0 radical (unpaired) electrons. The number of ether oxygens (including phenoxy) is 5. The van der Waals surface area contributed by atoms with Gasteiger partial charge in [0.1, 0.15) is 24.4 Å². The highest BCUT2D eigenvalue weighted by molar-refractivity contribution is 5.04. The van der Waals surface area contributed by atoms with Gasteiger partial charge in [0.25, 0.3) is 0 Å². The molecule has 3 heterocycles. The fourth-order valence-corrected chi connectivity index (χ4v) is 3.68. The maximum atomic E-state index is 10.7. The Kier molecular flexibility index (Phi) is 5.05. The van der Waals surface area contributed by atoms with Gasteiger partial charge < -0.3 is 33.9 Å². The van der Waals surface area contributed by atoms with Crippen molar-refractivity contribution < 1.29 is 33.9 Å². The molecule has 3 saturated heterocycles. The SMILES string of the molecule is C/C=C\C(C)(C(C)C)C(O)OC1C(O)OC2C3OC(C)(C)OC3OC12. The second kappa shape index (κ2) is 6.56. The number of allylic oxidation sites excluding steroid dienone is 1. The molecule has 0 aromatic carbocycles. The van der Waals surface area contributed by atoms with E-state index in [2.05, 4.69) is 0 Å². The first-order valence-electron chi connectivity index (χ1n) is 8.91. The Bertz CT molecular complexity index is 520. The molecule has 7 nitrogen and oxygen atoms in total. The number of aliphatic hydroxyl groups is 2. The minimum absolute atomic E-state index is 0.130. The third kappa shape index (κ3) is 3.27. The third-order valence-electron chi connectivity index (χ3n) is 5.52. The average molecular weight is 358 g/mol. The summed E-state index contributed by atoms with van der Waals surface area (Å²) >= 11 is 0. The number of hydrogen-bond acceptors (Lipinski definition) is 7. The molecule has 3 aliphatic rings. The number of fused-ring (bicyclic) bond motifs is 3. The van der Waals surface area contributed by atoms with E-state index in [0.29, 0.717) is 0 Å². The molecule has 2 N–H and O–H groups in total. The normalized spacial score (nSPS) is 43.4. The smallest absolute Gasteiger partial charge is 0.190 e. The Hall–Kier alpha value is -0.540. The molecule has 3 rings (SSSR count). The molecule has 8 atom stereocenters. The van der Waals surface area contributed by atoms with E-state index in [1.807, 2.05) is 39.8 Å². The van der Waals surface area contributed by atoms with Crippen LogP contribution in [0.4, 0.5) is 0 Å². The molecular formula is C18H30O7. The average Bonchev–Trinajstić information content (AvgIpc) is 3.07. The van der Waals surface area contributed by atoms with Crippen LogP contribution in [0.15, 0.2) is 12.2 Å². The molecule has 0 aromatic heterocycles. The van der Waals surface area contributed by atoms with E-state index >= 15 is 0 Å². The summed E-state index contributed by atoms with van der Waals surface area (Å²) < 4.78 is 28.8. The molecule has 0 amide bonds. The van der Waals surface area contributed by atoms with Crippen LogP contribution in [0.25, 0.3) is 0 Å². The van der Waals surface area contributed by atoms with E-state index in [9.17, 15) is 10.2 Å². The lowest BCUT2D eigenvalue weighted by atomic mass is 9.78. The minimum Gasteiger partial charge on any atom is -0.367 e. The number of aliphatic hydroxyl groups excluding tert-OH is 2. The quantitative estimate of drug-likeness (QED) is 0.569. The summed E-state index contributed by atoms with van der Waals surface area (Å²) in [5.41, 5.74) is -0.601. The van der Waals surface area contributed by atoms with Gasteiger partial charge in [-0.2, -0.15) is 0 Å². The molecule has 0 aromatic rings. The Morgan fingerprint density at radius 2 is 1.80 bits per heavy atom. The highest BCUT2D eigenvalue weighted by Gasteiger charge is 2.63. The van der Waals surface area contributed by atoms with Gasteiger partial charge in [-0.3, -0.25) is 0 Å². The summed E-state index contributed by atoms with van der Waals surface area (Å²) in [7, 11) is 0. The molecule has 0 bridgehead atoms. The maximum Gasteiger partial charge on any atom is 0.190 e. The fourth-order valence-electron chi connectivity index (χ4n) is 3.68. The molecule has 0 aliphatic carbocycles. The van der Waals surface area contributed by atoms with Gasteiger partial charge in [-0.1, -0.05) is 32.9 Å². The summed E-state index contributed by atoms with van der Waals surface area (Å²) in [4.78, 5) is 0. The first kappa shape index (κ1) is 19.2. The first-order valence-corrected chi connectivity index (χ1v) is 8.91. The summed E-state index contributed by atoms with van der Waals surface area (Å²) in [5, 5.41) is 21.0. The van der Waals surface area contributed by atoms with Crippen molar-refractivity contribution in [2.75, 3.05) is 0 Å². The summed E-state index contributed by atoms with van der Waals surface area (Å²) in [6, 6.07) is 0. The fraction of sp³-hybridized carbons (Fsp3) is 0.889. The zero-order valence-electron chi connectivity index (χ0n) is 15.7. The van der Waals surface area contributed by atoms with Crippen LogP contribution in [0.3, 0.4) is 0 Å². The van der Waals surface area contributed by atoms with Crippen LogP contribution in [0.1, 0.15) is 41.5 Å². The van der Waals surface area contributed by atoms with Crippen LogP contribution in [0.2, 0.25) is 0 Å². The Morgan fingerprint density at radius 3 is 2.40 bits per heavy atom. The Labute approximate surface area is 148 Å². The highest BCUT2D eigenvalue weighted by Crippen LogP contribution is 2.45. The lowest BCUT2D eigenvalue weighted by molar-refractivity contribution is -0.258. The Morgan fingerprint density at radius 1 is 1.12 bits per heavy atom. The predicted octanol–water partition coefficient (Wildman–Crippen LogP) is 1.52. The summed E-state index contributed by atoms with van der Waals surface area (Å²) in [5.74, 6) is -0.625. The van der Waals surface area contributed by atoms with Gasteiger partial charge in [-0.15, -0.1) is 0 Å². The standard InChI is InChI=1S/C18H30O7/c1-7-8-18(6,9(2)3)16(20)23-12-10-11(21-14(12)19)13-15(22-10)25-17(4,5)24-13/h7-16,19-20H,1-6H3/b8-7-. The zero-order valence-corrected chi connectivity index (χ0v) is 15.7. The molecule has 144 valence electrons. The van der Waals surface area contributed by atoms with Gasteiger partial charge in [0.05, 0.1) is 0 Å². The third-order valence-corrected chi connectivity index (χ3v) is 5.52. The lowest BCUT2D eigenvalue weighted by Crippen LogP contribution is -2.45. The minimum atomic E-state index is -1.19. The number of hydrogen-bond donors (Lipinski definition) is 2. The number of rotatable bonds is 5. The second-order valence-corrected chi connectivity index (χ2v) is 8.03. The van der Waals surface area contributed by atoms with Crippen LogP contribution < -0.4 is 0 Å². The molecule has 0 spiro atoms. The van der Waals surface area contributed by atoms with Crippen LogP contribution in [0.5, 0.6) is 0 Å². The second-order valence-electron chi connectivity index (χ2n) is 8.03. The maximum absolute atomic E-state index is 10.7. The monoisotopic (exact) mass is 358 g/mol. The molecule has 7 heteroatoms. The topological polar surface area (TPSA) is 86.6 Å². The van der Waals surface area contributed by atoms with Crippen molar-refractivity contribution in [1.82, 2.24) is 0 Å². The van der Waals surface area contributed by atoms with E-state index < -0.39 is 54.5 Å². The van der Waals surface area contributed by atoms with E-state index in [0.717, 1.165) is 0 Å². The van der Waals surface area contributed by atoms with E-state index in [-0.39, 0.29) is 5.92 Å². The van der Waals surface area contributed by atoms with Crippen molar-refractivity contribution in [3.05, 3.63) is 12.2 Å². The van der Waals surface area contributed by atoms with Crippen molar-refractivity contribution in [3.8, 4) is 0 Å². The van der Waals surface area contributed by atoms with E-state index in [4.69, 9.17) is 23.7 Å².